The van der Waals surface area contributed by atoms with E-state index in [1.807, 2.05) is 36.4 Å². The van der Waals surface area contributed by atoms with Crippen LogP contribution in [0, 0.1) is 32.8 Å². The fourth-order valence-corrected chi connectivity index (χ4v) is 3.55. The summed E-state index contributed by atoms with van der Waals surface area (Å²) in [5, 5.41) is 28.4. The first kappa shape index (κ1) is 16.5. The molecule has 0 spiro atoms. The molecule has 0 N–H and O–H groups in total. The first-order chi connectivity index (χ1) is 12.1. The van der Waals surface area contributed by atoms with Gasteiger partial charge in [-0.1, -0.05) is 12.1 Å². The van der Waals surface area contributed by atoms with Gasteiger partial charge in [-0.05, 0) is 18.2 Å². The van der Waals surface area contributed by atoms with Crippen molar-refractivity contribution in [3.05, 3.63) is 62.6 Å². The molecular formula is C16H7N5O2S2. The minimum absolute atomic E-state index is 0.0191. The van der Waals surface area contributed by atoms with Crippen LogP contribution in [0.3, 0.4) is 0 Å². The summed E-state index contributed by atoms with van der Waals surface area (Å²) in [6.07, 6.45) is 0. The van der Waals surface area contributed by atoms with E-state index < -0.39 is 4.92 Å². The van der Waals surface area contributed by atoms with Gasteiger partial charge >= 0.3 is 0 Å². The monoisotopic (exact) mass is 365 g/mol. The first-order valence-electron chi connectivity index (χ1n) is 6.81. The van der Waals surface area contributed by atoms with Gasteiger partial charge in [-0.15, -0.1) is 22.7 Å². The molecule has 0 atom stereocenters. The van der Waals surface area contributed by atoms with Crippen LogP contribution >= 0.6 is 22.7 Å². The maximum absolute atomic E-state index is 10.4. The number of nitrogens with zero attached hydrogens (tertiary/aromatic N) is 5. The molecule has 0 unspecified atom stereocenters. The number of para-hydroxylation sites is 1. The highest BCUT2D eigenvalue weighted by atomic mass is 32.1. The number of rotatable bonds is 1. The highest BCUT2D eigenvalue weighted by molar-refractivity contribution is 7.19. The smallest absolute Gasteiger partial charge is 0.258 e. The lowest BCUT2D eigenvalue weighted by Crippen LogP contribution is -1.85. The van der Waals surface area contributed by atoms with Crippen molar-refractivity contribution in [2.75, 3.05) is 0 Å². The first-order valence-corrected chi connectivity index (χ1v) is 8.45. The van der Waals surface area contributed by atoms with Crippen LogP contribution in [0.4, 0.5) is 5.69 Å². The fourth-order valence-electron chi connectivity index (χ4n) is 1.99. The quantitative estimate of drug-likeness (QED) is 0.368. The van der Waals surface area contributed by atoms with Crippen LogP contribution in [0.5, 0.6) is 0 Å². The number of nitro groups is 1. The maximum Gasteiger partial charge on any atom is 0.270 e. The second kappa shape index (κ2) is 7.01. The van der Waals surface area contributed by atoms with Gasteiger partial charge in [-0.2, -0.15) is 10.5 Å². The summed E-state index contributed by atoms with van der Waals surface area (Å²) >= 11 is 2.58. The lowest BCUT2D eigenvalue weighted by atomic mass is 10.3. The number of non-ortho nitro benzene ring substituents is 1. The Balaban J connectivity index is 0.000000150. The molecule has 120 valence electrons. The number of fused-ring (bicyclic) bond motifs is 2. The summed E-state index contributed by atoms with van der Waals surface area (Å²) < 4.78 is 1.74. The molecular weight excluding hydrogens is 358 g/mol. The van der Waals surface area contributed by atoms with Gasteiger partial charge in [-0.25, -0.2) is 9.97 Å². The second-order valence-corrected chi connectivity index (χ2v) is 6.70. The lowest BCUT2D eigenvalue weighted by molar-refractivity contribution is -0.384. The summed E-state index contributed by atoms with van der Waals surface area (Å²) in [4.78, 5) is 18.0. The summed E-state index contributed by atoms with van der Waals surface area (Å²) in [5.74, 6) is 0. The lowest BCUT2D eigenvalue weighted by Gasteiger charge is -1.88. The van der Waals surface area contributed by atoms with Crippen LogP contribution in [0.1, 0.15) is 10.0 Å². The van der Waals surface area contributed by atoms with Gasteiger partial charge in [0.2, 0.25) is 0 Å². The fraction of sp³-hybridized carbons (Fsp3) is 0. The summed E-state index contributed by atoms with van der Waals surface area (Å²) in [5.41, 5.74) is 1.55. The van der Waals surface area contributed by atoms with Crippen molar-refractivity contribution in [1.82, 2.24) is 9.97 Å². The number of hydrogen-bond acceptors (Lipinski definition) is 8. The topological polar surface area (TPSA) is 116 Å². The average molecular weight is 365 g/mol. The Bertz CT molecular complexity index is 1130. The van der Waals surface area contributed by atoms with Crippen LogP contribution in [-0.4, -0.2) is 14.9 Å². The zero-order chi connectivity index (χ0) is 17.8. The van der Waals surface area contributed by atoms with E-state index in [2.05, 4.69) is 9.97 Å². The molecule has 25 heavy (non-hydrogen) atoms. The van der Waals surface area contributed by atoms with Crippen LogP contribution in [0.2, 0.25) is 0 Å². The molecule has 0 aliphatic rings. The molecule has 2 aromatic carbocycles. The van der Waals surface area contributed by atoms with E-state index in [1.54, 1.807) is 6.07 Å². The zero-order valence-electron chi connectivity index (χ0n) is 12.4. The van der Waals surface area contributed by atoms with Gasteiger partial charge in [0.1, 0.15) is 12.1 Å². The van der Waals surface area contributed by atoms with Crippen LogP contribution in [0.15, 0.2) is 42.5 Å². The van der Waals surface area contributed by atoms with E-state index in [0.29, 0.717) is 20.2 Å². The third-order valence-electron chi connectivity index (χ3n) is 3.07. The zero-order valence-corrected chi connectivity index (χ0v) is 14.0. The molecule has 4 rings (SSSR count). The third-order valence-corrected chi connectivity index (χ3v) is 4.93. The minimum Gasteiger partial charge on any atom is -0.258 e. The number of hydrogen-bond donors (Lipinski definition) is 0. The van der Waals surface area contributed by atoms with Gasteiger partial charge in [-0.3, -0.25) is 10.1 Å². The highest BCUT2D eigenvalue weighted by Gasteiger charge is 2.09. The van der Waals surface area contributed by atoms with Crippen molar-refractivity contribution < 1.29 is 4.92 Å². The van der Waals surface area contributed by atoms with Gasteiger partial charge in [0, 0.05) is 12.1 Å². The molecule has 0 saturated carbocycles. The third kappa shape index (κ3) is 3.58. The average Bonchev–Trinajstić information content (AvgIpc) is 3.24. The number of thiazole rings is 2. The Labute approximate surface area is 149 Å². The van der Waals surface area contributed by atoms with E-state index in [-0.39, 0.29) is 5.69 Å². The van der Waals surface area contributed by atoms with Gasteiger partial charge < -0.3 is 0 Å². The number of nitriles is 2. The Morgan fingerprint density at radius 1 is 0.920 bits per heavy atom. The molecule has 0 saturated heterocycles. The van der Waals surface area contributed by atoms with Crippen molar-refractivity contribution in [3.8, 4) is 12.1 Å². The molecule has 4 aromatic rings. The predicted octanol–water partition coefficient (Wildman–Crippen LogP) is 4.24. The van der Waals surface area contributed by atoms with E-state index in [0.717, 1.165) is 21.6 Å². The largest absolute Gasteiger partial charge is 0.270 e. The van der Waals surface area contributed by atoms with Gasteiger partial charge in [0.05, 0.1) is 25.4 Å². The van der Waals surface area contributed by atoms with E-state index >= 15 is 0 Å². The molecule has 2 heterocycles. The van der Waals surface area contributed by atoms with Gasteiger partial charge in [0.15, 0.2) is 10.0 Å². The summed E-state index contributed by atoms with van der Waals surface area (Å²) in [7, 11) is 0. The molecule has 7 nitrogen and oxygen atoms in total. The standard InChI is InChI=1S/C8H3N3O2S.C8H4N2S/c9-4-8-10-6-2-1-5(11(12)13)3-7(6)14-8;9-5-8-10-6-3-1-2-4-7(6)11-8/h1-3H;1-4H. The SMILES string of the molecule is N#Cc1nc2ccc([N+](=O)[O-])cc2s1.N#Cc1nc2ccccc2s1. The maximum atomic E-state index is 10.4. The van der Waals surface area contributed by atoms with Crippen molar-refractivity contribution in [2.45, 2.75) is 0 Å². The predicted molar refractivity (Wildman–Crippen MR) is 95.3 cm³/mol. The Morgan fingerprint density at radius 2 is 1.52 bits per heavy atom. The molecule has 0 amide bonds. The van der Waals surface area contributed by atoms with Crippen LogP contribution < -0.4 is 0 Å². The van der Waals surface area contributed by atoms with Crippen molar-refractivity contribution in [1.29, 1.82) is 10.5 Å². The summed E-state index contributed by atoms with van der Waals surface area (Å²) in [6.45, 7) is 0. The molecule has 0 bridgehead atoms. The number of benzene rings is 2. The van der Waals surface area contributed by atoms with Crippen molar-refractivity contribution >= 4 is 48.8 Å². The number of nitro benzene ring substituents is 1. The van der Waals surface area contributed by atoms with Crippen molar-refractivity contribution in [3.63, 3.8) is 0 Å². The van der Waals surface area contributed by atoms with Crippen molar-refractivity contribution in [2.24, 2.45) is 0 Å². The molecule has 0 aliphatic carbocycles. The highest BCUT2D eigenvalue weighted by Crippen LogP contribution is 2.25. The Hall–Kier alpha value is -3.40. The molecule has 0 aliphatic heterocycles. The molecule has 2 aromatic heterocycles. The molecule has 0 fully saturated rings. The normalized spacial score (nSPS) is 9.84. The van der Waals surface area contributed by atoms with E-state index in [1.165, 1.54) is 23.5 Å². The molecule has 0 radical (unpaired) electrons. The van der Waals surface area contributed by atoms with Crippen LogP contribution in [0.25, 0.3) is 20.4 Å². The number of aromatic nitrogens is 2. The molecule has 9 heteroatoms. The van der Waals surface area contributed by atoms with E-state index in [4.69, 9.17) is 10.5 Å². The second-order valence-electron chi connectivity index (χ2n) is 4.64. The summed E-state index contributed by atoms with van der Waals surface area (Å²) in [6, 6.07) is 16.0. The van der Waals surface area contributed by atoms with E-state index in [9.17, 15) is 10.1 Å². The van der Waals surface area contributed by atoms with Crippen LogP contribution in [-0.2, 0) is 0 Å². The Kier molecular flexibility index (Phi) is 4.61. The minimum atomic E-state index is -0.467. The Morgan fingerprint density at radius 3 is 2.12 bits per heavy atom. The van der Waals surface area contributed by atoms with Gasteiger partial charge in [0.25, 0.3) is 5.69 Å².